The minimum atomic E-state index is 0. The molecule has 148 valence electrons. The zero-order chi connectivity index (χ0) is 16.2. The topological polar surface area (TPSA) is 24.9 Å². The van der Waals surface area contributed by atoms with Gasteiger partial charge in [-0.1, -0.05) is 12.1 Å². The predicted octanol–water partition coefficient (Wildman–Crippen LogP) is 3.62. The number of morpholine rings is 1. The zero-order valence-electron chi connectivity index (χ0n) is 15.5. The lowest BCUT2D eigenvalue weighted by Crippen LogP contribution is -2.45. The highest BCUT2D eigenvalue weighted by Gasteiger charge is 2.32. The van der Waals surface area contributed by atoms with Gasteiger partial charge in [-0.25, -0.2) is 0 Å². The molecule has 0 aromatic heterocycles. The molecule has 1 aromatic rings. The largest absolute Gasteiger partial charge is 0.490 e. The molecule has 4 nitrogen and oxygen atoms in total. The van der Waals surface area contributed by atoms with Crippen molar-refractivity contribution in [3.8, 4) is 5.75 Å². The molecular weight excluding hydrogens is 371 g/mol. The Hall–Kier alpha value is -0.520. The molecule has 1 aromatic carbocycles. The fraction of sp³-hybridized carbons (Fsp3) is 0.700. The summed E-state index contributed by atoms with van der Waals surface area (Å²) < 4.78 is 11.6. The van der Waals surface area contributed by atoms with Crippen LogP contribution >= 0.6 is 24.8 Å². The van der Waals surface area contributed by atoms with Gasteiger partial charge in [0.25, 0.3) is 0 Å². The Balaban J connectivity index is 0.00000121. The monoisotopic (exact) mass is 402 g/mol. The van der Waals surface area contributed by atoms with E-state index in [1.54, 1.807) is 0 Å². The molecule has 0 N–H and O–H groups in total. The van der Waals surface area contributed by atoms with Gasteiger partial charge in [-0.05, 0) is 62.4 Å². The van der Waals surface area contributed by atoms with Crippen LogP contribution in [0.4, 0.5) is 0 Å². The first-order valence-electron chi connectivity index (χ1n) is 9.63. The van der Waals surface area contributed by atoms with Crippen LogP contribution in [0.5, 0.6) is 5.75 Å². The molecule has 3 aliphatic rings. The second kappa shape index (κ2) is 10.7. The number of nitrogens with zero attached hydrogens (tertiary/aromatic N) is 2. The Bertz CT molecular complexity index is 528. The van der Waals surface area contributed by atoms with Gasteiger partial charge < -0.3 is 9.47 Å². The Morgan fingerprint density at radius 3 is 2.42 bits per heavy atom. The van der Waals surface area contributed by atoms with Crippen LogP contribution in [0, 0.1) is 5.92 Å². The van der Waals surface area contributed by atoms with Crippen molar-refractivity contribution in [3.63, 3.8) is 0 Å². The van der Waals surface area contributed by atoms with Gasteiger partial charge in [0, 0.05) is 26.2 Å². The first kappa shape index (κ1) is 21.8. The molecule has 0 radical (unpaired) electrons. The van der Waals surface area contributed by atoms with Crippen molar-refractivity contribution in [2.75, 3.05) is 45.9 Å². The van der Waals surface area contributed by atoms with E-state index in [-0.39, 0.29) is 24.8 Å². The summed E-state index contributed by atoms with van der Waals surface area (Å²) in [5.74, 6) is 1.86. The molecule has 0 bridgehead atoms. The van der Waals surface area contributed by atoms with Crippen molar-refractivity contribution in [2.45, 2.75) is 38.3 Å². The number of likely N-dealkylation sites (tertiary alicyclic amines) is 1. The van der Waals surface area contributed by atoms with E-state index in [0.29, 0.717) is 6.10 Å². The lowest BCUT2D eigenvalue weighted by molar-refractivity contribution is 0.000116. The van der Waals surface area contributed by atoms with Crippen molar-refractivity contribution in [3.05, 3.63) is 29.8 Å². The van der Waals surface area contributed by atoms with Crippen molar-refractivity contribution >= 4 is 24.8 Å². The quantitative estimate of drug-likeness (QED) is 0.725. The third-order valence-corrected chi connectivity index (χ3v) is 5.62. The standard InChI is InChI=1S/C20H30N2O2.2ClH/c1-2-7-21(6-1)15-17-4-3-5-19(12-17)24-20-13-18(14-20)16-22-8-10-23-11-9-22;;/h3-5,12,18,20H,1-2,6-11,13-16H2;2*1H/t18-,20-;;. The van der Waals surface area contributed by atoms with Crippen LogP contribution < -0.4 is 4.74 Å². The van der Waals surface area contributed by atoms with Gasteiger partial charge in [0.1, 0.15) is 5.75 Å². The van der Waals surface area contributed by atoms with Gasteiger partial charge in [-0.15, -0.1) is 24.8 Å². The summed E-state index contributed by atoms with van der Waals surface area (Å²) in [7, 11) is 0. The highest BCUT2D eigenvalue weighted by atomic mass is 35.5. The molecule has 1 aliphatic carbocycles. The number of hydrogen-bond acceptors (Lipinski definition) is 4. The lowest BCUT2D eigenvalue weighted by atomic mass is 9.82. The zero-order valence-corrected chi connectivity index (χ0v) is 17.1. The Morgan fingerprint density at radius 1 is 0.962 bits per heavy atom. The molecule has 26 heavy (non-hydrogen) atoms. The van der Waals surface area contributed by atoms with Crippen LogP contribution in [-0.4, -0.2) is 61.8 Å². The minimum absolute atomic E-state index is 0. The van der Waals surface area contributed by atoms with Crippen molar-refractivity contribution < 1.29 is 9.47 Å². The molecule has 4 rings (SSSR count). The first-order chi connectivity index (χ1) is 11.8. The molecule has 3 fully saturated rings. The van der Waals surface area contributed by atoms with E-state index in [0.717, 1.165) is 44.5 Å². The number of rotatable bonds is 6. The van der Waals surface area contributed by atoms with Crippen molar-refractivity contribution in [1.82, 2.24) is 9.80 Å². The molecule has 1 saturated carbocycles. The number of benzene rings is 1. The molecule has 0 unspecified atom stereocenters. The van der Waals surface area contributed by atoms with Gasteiger partial charge >= 0.3 is 0 Å². The normalized spacial score (nSPS) is 26.5. The van der Waals surface area contributed by atoms with Crippen LogP contribution in [0.3, 0.4) is 0 Å². The molecule has 0 amide bonds. The van der Waals surface area contributed by atoms with Gasteiger partial charge in [-0.3, -0.25) is 9.80 Å². The number of ether oxygens (including phenoxy) is 2. The average molecular weight is 403 g/mol. The molecule has 2 heterocycles. The molecule has 0 atom stereocenters. The summed E-state index contributed by atoms with van der Waals surface area (Å²) in [6.45, 7) is 8.78. The maximum absolute atomic E-state index is 6.21. The van der Waals surface area contributed by atoms with Crippen LogP contribution in [0.25, 0.3) is 0 Å². The molecule has 2 aliphatic heterocycles. The molecular formula is C20H32Cl2N2O2. The number of halogens is 2. The fourth-order valence-corrected chi connectivity index (χ4v) is 4.18. The molecule has 6 heteroatoms. The van der Waals surface area contributed by atoms with Gasteiger partial charge in [0.15, 0.2) is 0 Å². The summed E-state index contributed by atoms with van der Waals surface area (Å²) in [5, 5.41) is 0. The van der Waals surface area contributed by atoms with Gasteiger partial charge in [0.05, 0.1) is 19.3 Å². The fourth-order valence-electron chi connectivity index (χ4n) is 4.18. The maximum atomic E-state index is 6.21. The summed E-state index contributed by atoms with van der Waals surface area (Å²) >= 11 is 0. The van der Waals surface area contributed by atoms with Crippen LogP contribution in [0.2, 0.25) is 0 Å². The van der Waals surface area contributed by atoms with Crippen LogP contribution in [0.15, 0.2) is 24.3 Å². The van der Waals surface area contributed by atoms with Crippen LogP contribution in [0.1, 0.15) is 31.2 Å². The summed E-state index contributed by atoms with van der Waals surface area (Å²) in [4.78, 5) is 5.09. The third-order valence-electron chi connectivity index (χ3n) is 5.62. The molecule has 2 saturated heterocycles. The number of hydrogen-bond donors (Lipinski definition) is 0. The highest BCUT2D eigenvalue weighted by molar-refractivity contribution is 5.85. The average Bonchev–Trinajstić information content (AvgIpc) is 3.07. The first-order valence-corrected chi connectivity index (χ1v) is 9.63. The summed E-state index contributed by atoms with van der Waals surface area (Å²) in [5.41, 5.74) is 1.39. The SMILES string of the molecule is Cl.Cl.c1cc(CN2CCCC2)cc(O[C@H]2C[C@H](CN3CCOCC3)C2)c1. The highest BCUT2D eigenvalue weighted by Crippen LogP contribution is 2.32. The Morgan fingerprint density at radius 2 is 1.69 bits per heavy atom. The van der Waals surface area contributed by atoms with Crippen molar-refractivity contribution in [2.24, 2.45) is 5.92 Å². The van der Waals surface area contributed by atoms with Crippen molar-refractivity contribution in [1.29, 1.82) is 0 Å². The smallest absolute Gasteiger partial charge is 0.120 e. The van der Waals surface area contributed by atoms with E-state index < -0.39 is 0 Å². The van der Waals surface area contributed by atoms with E-state index in [4.69, 9.17) is 9.47 Å². The Labute approximate surface area is 170 Å². The summed E-state index contributed by atoms with van der Waals surface area (Å²) in [6, 6.07) is 8.73. The lowest BCUT2D eigenvalue weighted by Gasteiger charge is -2.39. The predicted molar refractivity (Wildman–Crippen MR) is 110 cm³/mol. The van der Waals surface area contributed by atoms with E-state index in [2.05, 4.69) is 34.1 Å². The van der Waals surface area contributed by atoms with E-state index in [1.807, 2.05) is 0 Å². The maximum Gasteiger partial charge on any atom is 0.120 e. The van der Waals surface area contributed by atoms with Gasteiger partial charge in [-0.2, -0.15) is 0 Å². The van der Waals surface area contributed by atoms with E-state index >= 15 is 0 Å². The van der Waals surface area contributed by atoms with E-state index in [9.17, 15) is 0 Å². The van der Waals surface area contributed by atoms with Crippen LogP contribution in [-0.2, 0) is 11.3 Å². The van der Waals surface area contributed by atoms with E-state index in [1.165, 1.54) is 50.9 Å². The second-order valence-electron chi connectivity index (χ2n) is 7.62. The third kappa shape index (κ3) is 6.00. The minimum Gasteiger partial charge on any atom is -0.490 e. The summed E-state index contributed by atoms with van der Waals surface area (Å²) in [6.07, 6.45) is 5.52. The Kier molecular flexibility index (Phi) is 8.98. The second-order valence-corrected chi connectivity index (χ2v) is 7.62. The van der Waals surface area contributed by atoms with Gasteiger partial charge in [0.2, 0.25) is 0 Å². The molecule has 0 spiro atoms.